The third kappa shape index (κ3) is 9.64. The summed E-state index contributed by atoms with van der Waals surface area (Å²) in [5.41, 5.74) is 0.756. The predicted octanol–water partition coefficient (Wildman–Crippen LogP) is 7.89. The van der Waals surface area contributed by atoms with Crippen LogP contribution < -0.4 is 10.1 Å². The molecule has 6 N–H and O–H groups in total. The summed E-state index contributed by atoms with van der Waals surface area (Å²) in [6.07, 6.45) is 3.74. The van der Waals surface area contributed by atoms with Crippen molar-refractivity contribution in [2.75, 3.05) is 12.4 Å². The molecule has 15 heteroatoms. The molecule has 7 rings (SSSR count). The number of oxime groups is 1. The standard InChI is InChI=1S/C51H58N2O13/c1-26-17-16-18-27(2)50(61)53-40-35(25-52-66-48(33-19-12-10-13-20-33)34-21-14-11-15-22-34)44(58)37-38(45(40)59)43(57)31(6)47-39(37)49(60)51(8,65-47)63-24-23-36(62-9)28(3)46(64-32(7)54)30(5)42(56)29(4)41(26)55/h10-26,28-30,36,41-42,46,48,55-59H,1-9H3,(H,53,61)/b17-16-,24-23-,27-18-,52-25?/t26-,28+,29+,30+,36-,41-,42+,46+,51-/m0/s1. The summed E-state index contributed by atoms with van der Waals surface area (Å²) in [4.78, 5) is 47.0. The highest BCUT2D eigenvalue weighted by molar-refractivity contribution is 6.23. The number of nitrogens with one attached hydrogen (secondary N) is 1. The van der Waals surface area contributed by atoms with E-state index in [2.05, 4.69) is 10.5 Å². The van der Waals surface area contributed by atoms with Crippen molar-refractivity contribution in [2.24, 2.45) is 28.8 Å². The number of aliphatic hydroxyl groups is 2. The number of carbonyl (C=O) groups is 3. The minimum absolute atomic E-state index is 0.0184. The number of methoxy groups -OCH3 is 1. The van der Waals surface area contributed by atoms with Crippen molar-refractivity contribution in [3.63, 3.8) is 0 Å². The van der Waals surface area contributed by atoms with Crippen LogP contribution >= 0.6 is 0 Å². The molecule has 3 heterocycles. The van der Waals surface area contributed by atoms with E-state index >= 15 is 0 Å². The largest absolute Gasteiger partial charge is 0.507 e. The molecule has 4 aromatic rings. The number of hydrogen-bond acceptors (Lipinski definition) is 14. The fourth-order valence-electron chi connectivity index (χ4n) is 8.59. The number of Topliss-reactive ketones (excluding diaryl/α,β-unsaturated/α-hetero) is 1. The number of fused-ring (bicyclic) bond motifs is 14. The maximum Gasteiger partial charge on any atom is 0.312 e. The van der Waals surface area contributed by atoms with Crippen LogP contribution in [-0.4, -0.2) is 86.7 Å². The Morgan fingerprint density at radius 2 is 1.47 bits per heavy atom. The first-order valence-corrected chi connectivity index (χ1v) is 21.7. The van der Waals surface area contributed by atoms with E-state index in [0.29, 0.717) is 0 Å². The molecular formula is C51H58N2O13. The van der Waals surface area contributed by atoms with Gasteiger partial charge in [0, 0.05) is 61.2 Å². The van der Waals surface area contributed by atoms with Gasteiger partial charge in [-0.15, -0.1) is 0 Å². The van der Waals surface area contributed by atoms with Crippen LogP contribution in [0.25, 0.3) is 10.8 Å². The second kappa shape index (κ2) is 20.2. The summed E-state index contributed by atoms with van der Waals surface area (Å²) in [7, 11) is 1.43. The number of hydrogen-bond donors (Lipinski definition) is 6. The summed E-state index contributed by atoms with van der Waals surface area (Å²) in [5, 5.41) is 65.3. The first kappa shape index (κ1) is 48.8. The molecule has 0 radical (unpaired) electrons. The Balaban J connectivity index is 1.53. The number of anilines is 1. The second-order valence-electron chi connectivity index (χ2n) is 17.2. The number of phenolic OH excluding ortho intramolecular Hbond substituents is 3. The van der Waals surface area contributed by atoms with Gasteiger partial charge >= 0.3 is 11.8 Å². The summed E-state index contributed by atoms with van der Waals surface area (Å²) in [5.74, 6) is -8.88. The van der Waals surface area contributed by atoms with Crippen molar-refractivity contribution >= 4 is 40.3 Å². The van der Waals surface area contributed by atoms with Gasteiger partial charge in [-0.3, -0.25) is 14.4 Å². The van der Waals surface area contributed by atoms with E-state index in [9.17, 15) is 39.9 Å². The maximum atomic E-state index is 14.6. The third-order valence-corrected chi connectivity index (χ3v) is 12.6. The van der Waals surface area contributed by atoms with Crippen molar-refractivity contribution in [3.05, 3.63) is 125 Å². The number of phenols is 3. The van der Waals surface area contributed by atoms with E-state index in [1.807, 2.05) is 60.7 Å². The number of benzene rings is 4. The zero-order valence-electron chi connectivity index (χ0n) is 38.4. The first-order chi connectivity index (χ1) is 31.3. The summed E-state index contributed by atoms with van der Waals surface area (Å²) in [6, 6.07) is 18.5. The van der Waals surface area contributed by atoms with Gasteiger partial charge in [-0.05, 0) is 31.1 Å². The number of ether oxygens (including phenoxy) is 4. The van der Waals surface area contributed by atoms with Gasteiger partial charge in [0.15, 0.2) is 11.9 Å². The molecule has 0 saturated carbocycles. The Kier molecular flexibility index (Phi) is 14.9. The van der Waals surface area contributed by atoms with Crippen LogP contribution in [0.5, 0.6) is 23.0 Å². The van der Waals surface area contributed by atoms with Gasteiger partial charge in [0.2, 0.25) is 0 Å². The van der Waals surface area contributed by atoms with Crippen LogP contribution in [-0.2, 0) is 28.6 Å². The van der Waals surface area contributed by atoms with Gasteiger partial charge in [-0.25, -0.2) is 0 Å². The van der Waals surface area contributed by atoms with Gasteiger partial charge in [-0.2, -0.15) is 0 Å². The molecule has 0 fully saturated rings. The van der Waals surface area contributed by atoms with Crippen LogP contribution in [0.4, 0.5) is 5.69 Å². The van der Waals surface area contributed by atoms with Crippen LogP contribution in [0.1, 0.15) is 87.2 Å². The maximum absolute atomic E-state index is 14.6. The number of nitrogens with zero attached hydrogens (tertiary/aromatic N) is 1. The van der Waals surface area contributed by atoms with Gasteiger partial charge in [0.05, 0.1) is 53.0 Å². The normalized spacial score (nSPS) is 28.1. The SMILES string of the molecule is CO[C@H]1/C=C\O[C@@]2(C)Oc3c(C)c(O)c4c(O)c(c(C=NOC(c5ccccc5)c5ccccc5)c(O)c4c3C2=O)NC(=O)/C(C)=C\C=C/[C@H](C)[C@H](O)[C@@H](C)[C@@H](O)[C@@H](C)[C@H](OC(C)=O)[C@@H]1C. The number of aliphatic hydroxyl groups excluding tert-OH is 2. The lowest BCUT2D eigenvalue weighted by atomic mass is 9.78. The van der Waals surface area contributed by atoms with Crippen LogP contribution in [0, 0.1) is 30.6 Å². The molecule has 0 saturated heterocycles. The molecule has 3 aliphatic rings. The minimum Gasteiger partial charge on any atom is -0.507 e. The predicted molar refractivity (Wildman–Crippen MR) is 247 cm³/mol. The number of carbonyl (C=O) groups excluding carboxylic acids is 3. The molecule has 0 aliphatic carbocycles. The third-order valence-electron chi connectivity index (χ3n) is 12.6. The fourth-order valence-corrected chi connectivity index (χ4v) is 8.59. The molecule has 66 heavy (non-hydrogen) atoms. The average Bonchev–Trinajstić information content (AvgIpc) is 3.57. The molecule has 0 spiro atoms. The molecule has 9 atom stereocenters. The average molecular weight is 907 g/mol. The number of amides is 1. The highest BCUT2D eigenvalue weighted by Crippen LogP contribution is 2.55. The summed E-state index contributed by atoms with van der Waals surface area (Å²) < 4.78 is 23.7. The molecule has 0 aromatic heterocycles. The molecule has 0 unspecified atom stereocenters. The number of rotatable bonds is 7. The quantitative estimate of drug-likeness (QED) is 0.0342. The summed E-state index contributed by atoms with van der Waals surface area (Å²) >= 11 is 0. The molecule has 15 nitrogen and oxygen atoms in total. The Hall–Kier alpha value is -6.68. The molecule has 4 aromatic carbocycles. The van der Waals surface area contributed by atoms with Gasteiger partial charge in [-0.1, -0.05) is 112 Å². The number of allylic oxidation sites excluding steroid dienone is 2. The zero-order valence-corrected chi connectivity index (χ0v) is 38.4. The first-order valence-electron chi connectivity index (χ1n) is 21.7. The molecular weight excluding hydrogens is 849 g/mol. The number of aromatic hydroxyl groups is 3. The van der Waals surface area contributed by atoms with Gasteiger partial charge in [0.1, 0.15) is 23.4 Å². The van der Waals surface area contributed by atoms with Gasteiger partial charge in [0.25, 0.3) is 11.7 Å². The van der Waals surface area contributed by atoms with E-state index in [1.54, 1.807) is 39.8 Å². The lowest BCUT2D eigenvalue weighted by Crippen LogP contribution is -2.46. The van der Waals surface area contributed by atoms with Crippen LogP contribution in [0.2, 0.25) is 0 Å². The van der Waals surface area contributed by atoms with Crippen molar-refractivity contribution in [1.29, 1.82) is 0 Å². The molecule has 350 valence electrons. The Bertz CT molecular complexity index is 2530. The number of esters is 1. The van der Waals surface area contributed by atoms with E-state index in [4.69, 9.17) is 23.8 Å². The number of ketones is 1. The lowest BCUT2D eigenvalue weighted by molar-refractivity contribution is -0.160. The Morgan fingerprint density at radius 3 is 2.06 bits per heavy atom. The van der Waals surface area contributed by atoms with Crippen molar-refractivity contribution in [2.45, 2.75) is 91.7 Å². The lowest BCUT2D eigenvalue weighted by Gasteiger charge is -2.38. The smallest absolute Gasteiger partial charge is 0.312 e. The monoisotopic (exact) mass is 906 g/mol. The van der Waals surface area contributed by atoms with E-state index in [0.717, 1.165) is 17.3 Å². The van der Waals surface area contributed by atoms with Gasteiger partial charge < -0.3 is 54.6 Å². The van der Waals surface area contributed by atoms with Crippen LogP contribution in [0.3, 0.4) is 0 Å². The topological polar surface area (TPSA) is 223 Å². The van der Waals surface area contributed by atoms with Crippen molar-refractivity contribution < 1.29 is 63.7 Å². The van der Waals surface area contributed by atoms with E-state index in [1.165, 1.54) is 53.2 Å². The molecule has 1 amide bonds. The minimum atomic E-state index is -2.10. The Labute approximate surface area is 383 Å². The highest BCUT2D eigenvalue weighted by Gasteiger charge is 2.50. The van der Waals surface area contributed by atoms with Crippen LogP contribution in [0.15, 0.2) is 102 Å². The fraction of sp³-hybridized carbons (Fsp3) is 0.373. The van der Waals surface area contributed by atoms with E-state index in [-0.39, 0.29) is 44.5 Å². The highest BCUT2D eigenvalue weighted by atomic mass is 16.7. The molecule has 5 bridgehead atoms. The van der Waals surface area contributed by atoms with E-state index < -0.39 is 94.9 Å². The Morgan fingerprint density at radius 1 is 0.848 bits per heavy atom. The van der Waals surface area contributed by atoms with Crippen molar-refractivity contribution in [3.8, 4) is 23.0 Å². The second-order valence-corrected chi connectivity index (χ2v) is 17.2. The molecule has 3 aliphatic heterocycles. The summed E-state index contributed by atoms with van der Waals surface area (Å²) in [6.45, 7) is 12.4. The zero-order chi connectivity index (χ0) is 48.2. The van der Waals surface area contributed by atoms with Crippen molar-refractivity contribution in [1.82, 2.24) is 0 Å².